The number of carbonyl (C=O) groups is 1. The predicted octanol–water partition coefficient (Wildman–Crippen LogP) is 3.59. The second-order valence-corrected chi connectivity index (χ2v) is 6.18. The average Bonchev–Trinajstić information content (AvgIpc) is 2.98. The van der Waals surface area contributed by atoms with E-state index in [0.29, 0.717) is 23.1 Å². The highest BCUT2D eigenvalue weighted by atomic mass is 16.4. The van der Waals surface area contributed by atoms with Gasteiger partial charge >= 0.3 is 5.97 Å². The van der Waals surface area contributed by atoms with Crippen molar-refractivity contribution in [2.75, 3.05) is 5.32 Å². The Balaban J connectivity index is 2.09. The van der Waals surface area contributed by atoms with Gasteiger partial charge in [0.2, 0.25) is 0 Å². The number of carboxylic acid groups (broad SMARTS) is 1. The molecule has 0 radical (unpaired) electrons. The van der Waals surface area contributed by atoms with Crippen LogP contribution >= 0.6 is 0 Å². The van der Waals surface area contributed by atoms with Crippen molar-refractivity contribution in [3.05, 3.63) is 58.7 Å². The quantitative estimate of drug-likeness (QED) is 0.730. The van der Waals surface area contributed by atoms with E-state index in [-0.39, 0.29) is 5.56 Å². The first kappa shape index (κ1) is 17.6. The lowest BCUT2D eigenvalue weighted by molar-refractivity contribution is 0.0698. The molecule has 2 heterocycles. The van der Waals surface area contributed by atoms with Gasteiger partial charge in [-0.25, -0.2) is 14.8 Å². The van der Waals surface area contributed by atoms with Gasteiger partial charge in [0.1, 0.15) is 11.6 Å². The van der Waals surface area contributed by atoms with Crippen molar-refractivity contribution >= 4 is 17.5 Å². The molecule has 0 atom stereocenters. The second kappa shape index (κ2) is 6.95. The zero-order valence-electron chi connectivity index (χ0n) is 15.2. The smallest absolute Gasteiger partial charge is 0.337 e. The van der Waals surface area contributed by atoms with E-state index in [1.165, 1.54) is 0 Å². The number of aromatic nitrogens is 4. The molecule has 2 N–H and O–H groups in total. The summed E-state index contributed by atoms with van der Waals surface area (Å²) in [6, 6.07) is 9.02. The normalized spacial score (nSPS) is 10.8. The van der Waals surface area contributed by atoms with Gasteiger partial charge in [-0.2, -0.15) is 9.78 Å². The van der Waals surface area contributed by atoms with Crippen molar-refractivity contribution < 1.29 is 9.90 Å². The number of nitrogens with zero attached hydrogens (tertiary/aromatic N) is 4. The van der Waals surface area contributed by atoms with Crippen LogP contribution in [0.5, 0.6) is 0 Å². The Morgan fingerprint density at radius 1 is 1.15 bits per heavy atom. The Morgan fingerprint density at radius 3 is 2.58 bits per heavy atom. The molecular weight excluding hydrogens is 330 g/mol. The molecule has 0 aliphatic rings. The second-order valence-electron chi connectivity index (χ2n) is 6.18. The van der Waals surface area contributed by atoms with Crippen molar-refractivity contribution in [2.45, 2.75) is 34.1 Å². The Bertz CT molecular complexity index is 958. The van der Waals surface area contributed by atoms with Gasteiger partial charge in [0, 0.05) is 17.8 Å². The van der Waals surface area contributed by atoms with Crippen molar-refractivity contribution in [2.24, 2.45) is 0 Å². The van der Waals surface area contributed by atoms with Crippen LogP contribution in [0.2, 0.25) is 0 Å². The predicted molar refractivity (Wildman–Crippen MR) is 99.4 cm³/mol. The van der Waals surface area contributed by atoms with E-state index in [1.807, 2.05) is 45.9 Å². The molecule has 0 spiro atoms. The van der Waals surface area contributed by atoms with Crippen LogP contribution in [0.25, 0.3) is 5.82 Å². The first-order valence-electron chi connectivity index (χ1n) is 8.40. The SMILES string of the molecule is CCc1cc(Nc2ccc(C)cc2C(=O)O)n(-c2cc(C)nc(C)n2)n1. The number of carboxylic acids is 1. The van der Waals surface area contributed by atoms with Crippen LogP contribution in [0, 0.1) is 20.8 Å². The number of aryl methyl sites for hydroxylation is 4. The standard InChI is InChI=1S/C19H21N5O2/c1-5-14-10-18(22-16-7-6-11(2)8-15(16)19(25)26)24(23-14)17-9-12(3)20-13(4)21-17/h6-10,22H,5H2,1-4H3,(H,25,26). The van der Waals surface area contributed by atoms with Crippen molar-refractivity contribution in [1.82, 2.24) is 19.7 Å². The van der Waals surface area contributed by atoms with E-state index < -0.39 is 5.97 Å². The molecule has 7 heteroatoms. The molecule has 134 valence electrons. The summed E-state index contributed by atoms with van der Waals surface area (Å²) in [5.41, 5.74) is 3.33. The third-order valence-electron chi connectivity index (χ3n) is 3.96. The molecule has 0 saturated carbocycles. The van der Waals surface area contributed by atoms with Gasteiger partial charge < -0.3 is 10.4 Å². The highest BCUT2D eigenvalue weighted by Crippen LogP contribution is 2.25. The number of hydrogen-bond donors (Lipinski definition) is 2. The molecule has 3 aromatic rings. The zero-order valence-corrected chi connectivity index (χ0v) is 15.2. The van der Waals surface area contributed by atoms with Crippen molar-refractivity contribution in [1.29, 1.82) is 0 Å². The first-order chi connectivity index (χ1) is 12.4. The van der Waals surface area contributed by atoms with Crippen LogP contribution in [-0.2, 0) is 6.42 Å². The lowest BCUT2D eigenvalue weighted by atomic mass is 10.1. The molecular formula is C19H21N5O2. The maximum atomic E-state index is 11.6. The van der Waals surface area contributed by atoms with Gasteiger partial charge in [0.05, 0.1) is 16.9 Å². The topological polar surface area (TPSA) is 92.9 Å². The fraction of sp³-hybridized carbons (Fsp3) is 0.263. The van der Waals surface area contributed by atoms with Gasteiger partial charge in [-0.3, -0.25) is 0 Å². The van der Waals surface area contributed by atoms with Gasteiger partial charge in [-0.1, -0.05) is 18.6 Å². The molecule has 0 amide bonds. The van der Waals surface area contributed by atoms with Crippen molar-refractivity contribution in [3.8, 4) is 5.82 Å². The van der Waals surface area contributed by atoms with Gasteiger partial charge in [0.15, 0.2) is 5.82 Å². The van der Waals surface area contributed by atoms with Crippen LogP contribution in [0.4, 0.5) is 11.5 Å². The number of aromatic carboxylic acids is 1. The molecule has 7 nitrogen and oxygen atoms in total. The highest BCUT2D eigenvalue weighted by molar-refractivity contribution is 5.95. The largest absolute Gasteiger partial charge is 0.478 e. The maximum Gasteiger partial charge on any atom is 0.337 e. The highest BCUT2D eigenvalue weighted by Gasteiger charge is 2.15. The molecule has 3 rings (SSSR count). The van der Waals surface area contributed by atoms with E-state index >= 15 is 0 Å². The minimum absolute atomic E-state index is 0.214. The maximum absolute atomic E-state index is 11.6. The fourth-order valence-corrected chi connectivity index (χ4v) is 2.75. The lowest BCUT2D eigenvalue weighted by Gasteiger charge is -2.12. The third-order valence-corrected chi connectivity index (χ3v) is 3.96. The van der Waals surface area contributed by atoms with E-state index in [0.717, 1.165) is 23.4 Å². The third kappa shape index (κ3) is 3.56. The van der Waals surface area contributed by atoms with E-state index in [2.05, 4.69) is 20.4 Å². The number of rotatable bonds is 5. The molecule has 0 aliphatic heterocycles. The van der Waals surface area contributed by atoms with E-state index in [4.69, 9.17) is 0 Å². The summed E-state index contributed by atoms with van der Waals surface area (Å²) in [6.45, 7) is 7.61. The van der Waals surface area contributed by atoms with E-state index in [1.54, 1.807) is 16.8 Å². The molecule has 0 bridgehead atoms. The molecule has 2 aromatic heterocycles. The minimum atomic E-state index is -0.980. The molecule has 0 fully saturated rings. The lowest BCUT2D eigenvalue weighted by Crippen LogP contribution is -2.09. The Kier molecular flexibility index (Phi) is 4.71. The molecule has 0 saturated heterocycles. The van der Waals surface area contributed by atoms with Crippen LogP contribution in [0.3, 0.4) is 0 Å². The summed E-state index contributed by atoms with van der Waals surface area (Å²) in [4.78, 5) is 20.3. The van der Waals surface area contributed by atoms with Crippen LogP contribution in [0.15, 0.2) is 30.3 Å². The number of nitrogens with one attached hydrogen (secondary N) is 1. The van der Waals surface area contributed by atoms with Crippen LogP contribution < -0.4 is 5.32 Å². The summed E-state index contributed by atoms with van der Waals surface area (Å²) in [5.74, 6) is 0.972. The van der Waals surface area contributed by atoms with Gasteiger partial charge in [-0.15, -0.1) is 0 Å². The van der Waals surface area contributed by atoms with Crippen molar-refractivity contribution in [3.63, 3.8) is 0 Å². The summed E-state index contributed by atoms with van der Waals surface area (Å²) in [6.07, 6.45) is 0.754. The molecule has 0 unspecified atom stereocenters. The first-order valence-corrected chi connectivity index (χ1v) is 8.40. The monoisotopic (exact) mass is 351 g/mol. The van der Waals surface area contributed by atoms with Gasteiger partial charge in [-0.05, 0) is 39.3 Å². The number of hydrogen-bond acceptors (Lipinski definition) is 5. The Hall–Kier alpha value is -3.22. The number of anilines is 2. The van der Waals surface area contributed by atoms with Crippen LogP contribution in [0.1, 0.15) is 40.1 Å². The van der Waals surface area contributed by atoms with Gasteiger partial charge in [0.25, 0.3) is 0 Å². The molecule has 26 heavy (non-hydrogen) atoms. The molecule has 1 aromatic carbocycles. The number of benzene rings is 1. The average molecular weight is 351 g/mol. The summed E-state index contributed by atoms with van der Waals surface area (Å²) in [7, 11) is 0. The summed E-state index contributed by atoms with van der Waals surface area (Å²) < 4.78 is 1.69. The fourth-order valence-electron chi connectivity index (χ4n) is 2.75. The van der Waals surface area contributed by atoms with Crippen LogP contribution in [-0.4, -0.2) is 30.8 Å². The molecule has 0 aliphatic carbocycles. The summed E-state index contributed by atoms with van der Waals surface area (Å²) >= 11 is 0. The summed E-state index contributed by atoms with van der Waals surface area (Å²) in [5, 5.41) is 17.3. The minimum Gasteiger partial charge on any atom is -0.478 e. The zero-order chi connectivity index (χ0) is 18.8. The van der Waals surface area contributed by atoms with E-state index in [9.17, 15) is 9.90 Å². The Labute approximate surface area is 151 Å². The Morgan fingerprint density at radius 2 is 1.92 bits per heavy atom.